The van der Waals surface area contributed by atoms with Crippen molar-refractivity contribution >= 4 is 22.9 Å². The summed E-state index contributed by atoms with van der Waals surface area (Å²) in [4.78, 5) is 16.9. The maximum Gasteiger partial charge on any atom is 0.230 e. The minimum atomic E-state index is -0.123. The Morgan fingerprint density at radius 2 is 1.93 bits per heavy atom. The number of tetrazole rings is 1. The van der Waals surface area contributed by atoms with Crippen molar-refractivity contribution in [2.24, 2.45) is 0 Å². The molecular weight excluding hydrogens is 376 g/mol. The Morgan fingerprint density at radius 1 is 1.14 bits per heavy atom. The van der Waals surface area contributed by atoms with Crippen LogP contribution in [0.1, 0.15) is 5.69 Å². The molecule has 1 N–H and O–H groups in total. The molecule has 0 fully saturated rings. The van der Waals surface area contributed by atoms with Gasteiger partial charge in [0.05, 0.1) is 24.9 Å². The molecule has 9 heteroatoms. The second-order valence-electron chi connectivity index (χ2n) is 5.90. The van der Waals surface area contributed by atoms with Crippen LogP contribution >= 0.6 is 11.3 Å². The first-order valence-corrected chi connectivity index (χ1v) is 9.31. The van der Waals surface area contributed by atoms with Gasteiger partial charge in [-0.2, -0.15) is 0 Å². The van der Waals surface area contributed by atoms with E-state index < -0.39 is 0 Å². The number of benzene rings is 2. The van der Waals surface area contributed by atoms with Gasteiger partial charge < -0.3 is 10.1 Å². The lowest BCUT2D eigenvalue weighted by Gasteiger charge is -2.05. The number of nitrogens with zero attached hydrogens (tertiary/aromatic N) is 5. The highest BCUT2D eigenvalue weighted by atomic mass is 32.1. The molecule has 0 spiro atoms. The van der Waals surface area contributed by atoms with E-state index in [1.54, 1.807) is 23.9 Å². The molecule has 2 aromatic carbocycles. The summed E-state index contributed by atoms with van der Waals surface area (Å²) in [6, 6.07) is 15.0. The highest BCUT2D eigenvalue weighted by molar-refractivity contribution is 7.13. The number of rotatable bonds is 6. The molecule has 0 unspecified atom stereocenters. The Kier molecular flexibility index (Phi) is 5.07. The van der Waals surface area contributed by atoms with Gasteiger partial charge >= 0.3 is 0 Å². The van der Waals surface area contributed by atoms with Gasteiger partial charge in [-0.3, -0.25) is 4.79 Å². The lowest BCUT2D eigenvalue weighted by atomic mass is 10.2. The highest BCUT2D eigenvalue weighted by Gasteiger charge is 2.10. The van der Waals surface area contributed by atoms with E-state index in [-0.39, 0.29) is 12.3 Å². The largest absolute Gasteiger partial charge is 0.497 e. The first-order chi connectivity index (χ1) is 13.7. The van der Waals surface area contributed by atoms with Crippen molar-refractivity contribution in [3.8, 4) is 22.0 Å². The monoisotopic (exact) mass is 392 g/mol. The number of thiazole rings is 1. The van der Waals surface area contributed by atoms with E-state index in [9.17, 15) is 4.79 Å². The predicted octanol–water partition coefficient (Wildman–Crippen LogP) is 2.98. The molecular formula is C19H16N6O2S. The van der Waals surface area contributed by atoms with Crippen molar-refractivity contribution in [1.29, 1.82) is 0 Å². The first kappa shape index (κ1) is 17.8. The maximum atomic E-state index is 12.3. The molecule has 0 aliphatic carbocycles. The first-order valence-electron chi connectivity index (χ1n) is 8.43. The van der Waals surface area contributed by atoms with E-state index in [0.29, 0.717) is 5.69 Å². The third-order valence-electron chi connectivity index (χ3n) is 4.00. The van der Waals surface area contributed by atoms with Crippen LogP contribution in [-0.2, 0) is 11.2 Å². The van der Waals surface area contributed by atoms with Crippen LogP contribution in [0.25, 0.3) is 16.3 Å². The van der Waals surface area contributed by atoms with Gasteiger partial charge in [0.25, 0.3) is 0 Å². The second kappa shape index (κ2) is 7.97. The highest BCUT2D eigenvalue weighted by Crippen LogP contribution is 2.26. The average Bonchev–Trinajstić information content (AvgIpc) is 3.41. The van der Waals surface area contributed by atoms with Gasteiger partial charge in [0.2, 0.25) is 5.91 Å². The van der Waals surface area contributed by atoms with Crippen LogP contribution in [0.3, 0.4) is 0 Å². The van der Waals surface area contributed by atoms with Gasteiger partial charge in [-0.25, -0.2) is 9.67 Å². The molecule has 8 nitrogen and oxygen atoms in total. The van der Waals surface area contributed by atoms with E-state index in [0.717, 1.165) is 27.7 Å². The van der Waals surface area contributed by atoms with Crippen molar-refractivity contribution in [2.75, 3.05) is 12.4 Å². The molecule has 0 bridgehead atoms. The summed E-state index contributed by atoms with van der Waals surface area (Å²) >= 11 is 1.51. The summed E-state index contributed by atoms with van der Waals surface area (Å²) in [7, 11) is 1.63. The number of methoxy groups -OCH3 is 1. The standard InChI is InChI=1S/C19H16N6O2S/c1-27-17-8-2-13(3-9-17)19-22-15(11-28-19)10-18(26)21-14-4-6-16(7-5-14)25-12-20-23-24-25/h2-9,11-12H,10H2,1H3,(H,21,26). The van der Waals surface area contributed by atoms with Crippen LogP contribution in [0.5, 0.6) is 5.75 Å². The fourth-order valence-corrected chi connectivity index (χ4v) is 3.43. The summed E-state index contributed by atoms with van der Waals surface area (Å²) in [6.07, 6.45) is 1.72. The van der Waals surface area contributed by atoms with Crippen LogP contribution in [0, 0.1) is 0 Å². The zero-order valence-electron chi connectivity index (χ0n) is 14.9. The number of aromatic nitrogens is 5. The fourth-order valence-electron chi connectivity index (χ4n) is 2.60. The molecule has 2 aromatic heterocycles. The molecule has 0 saturated carbocycles. The SMILES string of the molecule is COc1ccc(-c2nc(CC(=O)Nc3ccc(-n4cnnn4)cc3)cs2)cc1. The number of amides is 1. The Labute approximate surface area is 164 Å². The Balaban J connectivity index is 1.38. The van der Waals surface area contributed by atoms with E-state index >= 15 is 0 Å². The normalized spacial score (nSPS) is 10.6. The molecule has 0 aliphatic heterocycles. The van der Waals surface area contributed by atoms with Crippen LogP contribution in [0.2, 0.25) is 0 Å². The van der Waals surface area contributed by atoms with Crippen molar-refractivity contribution in [3.63, 3.8) is 0 Å². The van der Waals surface area contributed by atoms with Crippen molar-refractivity contribution in [3.05, 3.63) is 65.9 Å². The minimum absolute atomic E-state index is 0.123. The minimum Gasteiger partial charge on any atom is -0.497 e. The lowest BCUT2D eigenvalue weighted by molar-refractivity contribution is -0.115. The maximum absolute atomic E-state index is 12.3. The number of ether oxygens (including phenoxy) is 1. The van der Waals surface area contributed by atoms with Crippen LogP contribution in [-0.4, -0.2) is 38.2 Å². The summed E-state index contributed by atoms with van der Waals surface area (Å²) in [6.45, 7) is 0. The van der Waals surface area contributed by atoms with E-state index in [2.05, 4.69) is 25.8 Å². The van der Waals surface area contributed by atoms with Gasteiger partial charge in [0.1, 0.15) is 17.1 Å². The summed E-state index contributed by atoms with van der Waals surface area (Å²) in [5.74, 6) is 0.674. The van der Waals surface area contributed by atoms with Gasteiger partial charge in [-0.15, -0.1) is 16.4 Å². The third kappa shape index (κ3) is 4.04. The average molecular weight is 392 g/mol. The molecule has 4 aromatic rings. The number of hydrogen-bond donors (Lipinski definition) is 1. The third-order valence-corrected chi connectivity index (χ3v) is 4.94. The Bertz CT molecular complexity index is 1060. The molecule has 140 valence electrons. The molecule has 0 saturated heterocycles. The smallest absolute Gasteiger partial charge is 0.230 e. The summed E-state index contributed by atoms with van der Waals surface area (Å²) < 4.78 is 6.71. The predicted molar refractivity (Wildman–Crippen MR) is 106 cm³/mol. The zero-order valence-corrected chi connectivity index (χ0v) is 15.8. The number of anilines is 1. The van der Waals surface area contributed by atoms with Gasteiger partial charge in [0, 0.05) is 16.6 Å². The van der Waals surface area contributed by atoms with Crippen LogP contribution < -0.4 is 10.1 Å². The Hall–Kier alpha value is -3.59. The molecule has 2 heterocycles. The van der Waals surface area contributed by atoms with E-state index in [1.165, 1.54) is 17.7 Å². The van der Waals surface area contributed by atoms with Gasteiger partial charge in [-0.05, 0) is 59.0 Å². The number of carbonyl (C=O) groups excluding carboxylic acids is 1. The number of nitrogens with one attached hydrogen (secondary N) is 1. The molecule has 0 atom stereocenters. The second-order valence-corrected chi connectivity index (χ2v) is 6.76. The van der Waals surface area contributed by atoms with Crippen LogP contribution in [0.4, 0.5) is 5.69 Å². The molecule has 28 heavy (non-hydrogen) atoms. The number of hydrogen-bond acceptors (Lipinski definition) is 7. The van der Waals surface area contributed by atoms with Crippen molar-refractivity contribution in [1.82, 2.24) is 25.2 Å². The topological polar surface area (TPSA) is 94.8 Å². The fraction of sp³-hybridized carbons (Fsp3) is 0.105. The van der Waals surface area contributed by atoms with Gasteiger partial charge in [0.15, 0.2) is 0 Å². The Morgan fingerprint density at radius 3 is 2.61 bits per heavy atom. The molecule has 1 amide bonds. The zero-order chi connectivity index (χ0) is 19.3. The summed E-state index contributed by atoms with van der Waals surface area (Å²) in [5, 5.41) is 16.7. The summed E-state index contributed by atoms with van der Waals surface area (Å²) in [5.41, 5.74) is 3.24. The molecule has 0 aliphatic rings. The van der Waals surface area contributed by atoms with Crippen LogP contribution in [0.15, 0.2) is 60.2 Å². The molecule has 0 radical (unpaired) electrons. The van der Waals surface area contributed by atoms with E-state index in [1.807, 2.05) is 41.8 Å². The van der Waals surface area contributed by atoms with Crippen molar-refractivity contribution < 1.29 is 9.53 Å². The van der Waals surface area contributed by atoms with E-state index in [4.69, 9.17) is 4.74 Å². The van der Waals surface area contributed by atoms with Gasteiger partial charge in [-0.1, -0.05) is 0 Å². The lowest BCUT2D eigenvalue weighted by Crippen LogP contribution is -2.14. The number of carbonyl (C=O) groups is 1. The quantitative estimate of drug-likeness (QED) is 0.542. The van der Waals surface area contributed by atoms with Crippen molar-refractivity contribution in [2.45, 2.75) is 6.42 Å². The molecule has 4 rings (SSSR count).